The van der Waals surface area contributed by atoms with Crippen LogP contribution in [0.3, 0.4) is 0 Å². The van der Waals surface area contributed by atoms with Crippen LogP contribution in [0.25, 0.3) is 33.1 Å². The molecule has 2 bridgehead atoms. The lowest BCUT2D eigenvalue weighted by atomic mass is 9.86. The number of ether oxygens (including phenoxy) is 1. The number of carbonyl (C=O) groups is 1. The number of piperidine rings is 3. The van der Waals surface area contributed by atoms with E-state index in [0.29, 0.717) is 35.5 Å². The van der Waals surface area contributed by atoms with E-state index >= 15 is 0 Å². The van der Waals surface area contributed by atoms with Gasteiger partial charge < -0.3 is 25.3 Å². The molecule has 2 atom stereocenters. The number of aliphatic hydroxyl groups excluding tert-OH is 1. The lowest BCUT2D eigenvalue weighted by Crippen LogP contribution is -2.52. The maximum Gasteiger partial charge on any atom is 0.411 e. The fourth-order valence-electron chi connectivity index (χ4n) is 7.78. The molecule has 9 rings (SSSR count). The number of aromatic hydroxyl groups is 1. The van der Waals surface area contributed by atoms with E-state index in [-0.39, 0.29) is 33.4 Å². The summed E-state index contributed by atoms with van der Waals surface area (Å²) in [6.07, 6.45) is 2.47. The van der Waals surface area contributed by atoms with Crippen LogP contribution in [0.15, 0.2) is 95.8 Å². The Morgan fingerprint density at radius 1 is 0.964 bits per heavy atom. The van der Waals surface area contributed by atoms with Crippen LogP contribution in [0.4, 0.5) is 19.9 Å². The molecule has 288 valence electrons. The van der Waals surface area contributed by atoms with Crippen LogP contribution in [0.1, 0.15) is 42.1 Å². The number of amides is 1. The summed E-state index contributed by atoms with van der Waals surface area (Å²) in [6.45, 7) is 4.46. The topological polar surface area (TPSA) is 158 Å². The number of nitrogens with zero attached hydrogens (tertiary/aromatic N) is 4. The van der Waals surface area contributed by atoms with E-state index in [1.807, 2.05) is 53.2 Å². The number of aryl methyl sites for hydroxylation is 2. The Bertz CT molecular complexity index is 2310. The number of rotatable bonds is 12. The van der Waals surface area contributed by atoms with Gasteiger partial charge in [-0.15, -0.1) is 5.10 Å². The van der Waals surface area contributed by atoms with Gasteiger partial charge in [0.25, 0.3) is 0 Å². The van der Waals surface area contributed by atoms with Crippen molar-refractivity contribution < 1.29 is 29.2 Å². The molecule has 3 aliphatic rings. The number of pyridine rings is 1. The summed E-state index contributed by atoms with van der Waals surface area (Å²) in [7, 11) is 0. The van der Waals surface area contributed by atoms with Gasteiger partial charge in [0.2, 0.25) is 5.56 Å². The zero-order valence-electron chi connectivity index (χ0n) is 30.2. The number of fused-ring (bicyclic) bond motifs is 5. The first kappa shape index (κ1) is 39.0. The molecule has 3 saturated heterocycles. The predicted octanol–water partition coefficient (Wildman–Crippen LogP) is 6.05. The molecular formula is C41H45F2N7O5. The molecule has 0 unspecified atom stereocenters. The average molecular weight is 754 g/mol. The number of aromatic amines is 1. The summed E-state index contributed by atoms with van der Waals surface area (Å²) in [4.78, 5) is 29.9. The van der Waals surface area contributed by atoms with E-state index in [4.69, 9.17) is 4.74 Å². The second-order valence-electron chi connectivity index (χ2n) is 14.1. The largest absolute Gasteiger partial charge is 0.506 e. The fraction of sp³-hybridized carbons (Fsp3) is 0.317. The van der Waals surface area contributed by atoms with Crippen LogP contribution in [-0.4, -0.2) is 73.5 Å². The van der Waals surface area contributed by atoms with Gasteiger partial charge in [-0.25, -0.2) is 9.48 Å². The second kappa shape index (κ2) is 17.2. The number of phenolic OH excluding ortho intramolecular Hbond substituents is 1. The van der Waals surface area contributed by atoms with Crippen molar-refractivity contribution in [2.45, 2.75) is 51.0 Å². The Labute approximate surface area is 315 Å². The van der Waals surface area contributed by atoms with E-state index in [1.165, 1.54) is 12.1 Å². The molecule has 5 N–H and O–H groups in total. The number of halogens is 2. The quantitative estimate of drug-likeness (QED) is 0.100. The van der Waals surface area contributed by atoms with Crippen molar-refractivity contribution in [1.29, 1.82) is 0 Å². The molecule has 1 amide bonds. The summed E-state index contributed by atoms with van der Waals surface area (Å²) in [5, 5.41) is 36.9. The van der Waals surface area contributed by atoms with Gasteiger partial charge in [-0.05, 0) is 97.3 Å². The number of benzene rings is 4. The summed E-state index contributed by atoms with van der Waals surface area (Å²) < 4.78 is 7.88. The molecule has 2 aromatic heterocycles. The standard InChI is InChI=1S/C41H43N7O5.2FH/c49-36-14-11-31(32-12-15-39(51)44-40(32)36)37(50)24-42-23-27-9-13-35-34(22-27)45-46-48(35)18-4-5-26-8-10-30(28-6-2-1-3-7-28)33(21-26)43-41(52)53-38-25-47-19-16-29(38)17-20-47;;/h1-3,6-15,21-22,29,37-38,42,49-50H,4-5,16-20,23-25H2,(H,43,52)(H,44,51);2*1H/t37-,38-;;/m0../s1. The van der Waals surface area contributed by atoms with E-state index in [9.17, 15) is 19.8 Å². The number of carbonyl (C=O) groups excluding carboxylic acids is 1. The Hall–Kier alpha value is -5.70. The van der Waals surface area contributed by atoms with Crippen molar-refractivity contribution in [3.8, 4) is 16.9 Å². The molecule has 3 fully saturated rings. The number of aliphatic hydroxyl groups is 1. The molecule has 12 nitrogen and oxygen atoms in total. The lowest BCUT2D eigenvalue weighted by molar-refractivity contribution is -0.0289. The van der Waals surface area contributed by atoms with E-state index < -0.39 is 12.2 Å². The molecule has 55 heavy (non-hydrogen) atoms. The van der Waals surface area contributed by atoms with Gasteiger partial charge in [0.05, 0.1) is 22.8 Å². The zero-order valence-corrected chi connectivity index (χ0v) is 30.2. The van der Waals surface area contributed by atoms with Gasteiger partial charge in [-0.2, -0.15) is 0 Å². The SMILES string of the molecule is F.F.O=C(Nc1cc(CCCn2nnc3cc(CNC[C@H](O)c4ccc(O)c5[nH]c(=O)ccc45)ccc32)ccc1-c1ccccc1)O[C@H]1CN2CCC1CC2. The van der Waals surface area contributed by atoms with Crippen LogP contribution in [-0.2, 0) is 24.2 Å². The molecule has 4 aromatic carbocycles. The van der Waals surface area contributed by atoms with E-state index in [2.05, 4.69) is 49.0 Å². The van der Waals surface area contributed by atoms with Gasteiger partial charge in [-0.1, -0.05) is 59.8 Å². The minimum Gasteiger partial charge on any atom is -0.506 e. The molecule has 6 aromatic rings. The summed E-state index contributed by atoms with van der Waals surface area (Å²) in [6, 6.07) is 28.5. The maximum atomic E-state index is 13.2. The molecule has 14 heteroatoms. The molecular weight excluding hydrogens is 708 g/mol. The molecule has 3 aliphatic heterocycles. The van der Waals surface area contributed by atoms with E-state index in [0.717, 1.165) is 84.3 Å². The van der Waals surface area contributed by atoms with Crippen molar-refractivity contribution in [1.82, 2.24) is 30.2 Å². The van der Waals surface area contributed by atoms with Crippen molar-refractivity contribution in [2.75, 3.05) is 31.5 Å². The fourth-order valence-corrected chi connectivity index (χ4v) is 7.78. The second-order valence-corrected chi connectivity index (χ2v) is 14.1. The Balaban J connectivity index is 0.00000257. The third-order valence-electron chi connectivity index (χ3n) is 10.6. The third kappa shape index (κ3) is 8.67. The number of aromatic nitrogens is 4. The van der Waals surface area contributed by atoms with Crippen molar-refractivity contribution >= 4 is 33.7 Å². The van der Waals surface area contributed by atoms with Gasteiger partial charge in [0, 0.05) is 43.2 Å². The minimum absolute atomic E-state index is 0. The normalized spacial score (nSPS) is 18.0. The highest BCUT2D eigenvalue weighted by atomic mass is 19.0. The van der Waals surface area contributed by atoms with Crippen LogP contribution in [0.2, 0.25) is 0 Å². The lowest BCUT2D eigenvalue weighted by Gasteiger charge is -2.43. The Morgan fingerprint density at radius 3 is 2.55 bits per heavy atom. The molecule has 0 radical (unpaired) electrons. The molecule has 0 aliphatic carbocycles. The zero-order chi connectivity index (χ0) is 36.3. The summed E-state index contributed by atoms with van der Waals surface area (Å²) >= 11 is 0. The number of nitrogens with one attached hydrogen (secondary N) is 3. The number of phenols is 1. The Kier molecular flexibility index (Phi) is 12.2. The van der Waals surface area contributed by atoms with Gasteiger partial charge in [-0.3, -0.25) is 24.4 Å². The number of hydrogen-bond acceptors (Lipinski definition) is 9. The number of H-pyrrole nitrogens is 1. The highest BCUT2D eigenvalue weighted by Gasteiger charge is 2.36. The first-order valence-electron chi connectivity index (χ1n) is 18.3. The highest BCUT2D eigenvalue weighted by molar-refractivity contribution is 5.92. The van der Waals surface area contributed by atoms with Gasteiger partial charge in [0.15, 0.2) is 0 Å². The van der Waals surface area contributed by atoms with Crippen molar-refractivity contribution in [2.24, 2.45) is 5.92 Å². The monoisotopic (exact) mass is 753 g/mol. The molecule has 5 heterocycles. The van der Waals surface area contributed by atoms with Crippen LogP contribution in [0, 0.1) is 5.92 Å². The Morgan fingerprint density at radius 2 is 1.76 bits per heavy atom. The predicted molar refractivity (Wildman–Crippen MR) is 209 cm³/mol. The third-order valence-corrected chi connectivity index (χ3v) is 10.6. The van der Waals surface area contributed by atoms with Crippen LogP contribution < -0.4 is 16.2 Å². The van der Waals surface area contributed by atoms with E-state index in [1.54, 1.807) is 12.1 Å². The minimum atomic E-state index is -0.848. The van der Waals surface area contributed by atoms with Crippen molar-refractivity contribution in [3.05, 3.63) is 118 Å². The number of anilines is 1. The van der Waals surface area contributed by atoms with Gasteiger partial charge >= 0.3 is 6.09 Å². The van der Waals surface area contributed by atoms with Gasteiger partial charge in [0.1, 0.15) is 17.4 Å². The molecule has 0 spiro atoms. The first-order valence-corrected chi connectivity index (χ1v) is 18.3. The molecule has 0 saturated carbocycles. The summed E-state index contributed by atoms with van der Waals surface area (Å²) in [5.74, 6) is 0.399. The maximum absolute atomic E-state index is 13.2. The smallest absolute Gasteiger partial charge is 0.411 e. The van der Waals surface area contributed by atoms with Crippen LogP contribution in [0.5, 0.6) is 5.75 Å². The average Bonchev–Trinajstić information content (AvgIpc) is 3.58. The summed E-state index contributed by atoms with van der Waals surface area (Å²) in [5.41, 5.74) is 7.17. The highest BCUT2D eigenvalue weighted by Crippen LogP contribution is 2.33. The number of hydrogen-bond donors (Lipinski definition) is 5. The van der Waals surface area contributed by atoms with Crippen LogP contribution >= 0.6 is 0 Å². The van der Waals surface area contributed by atoms with Crippen molar-refractivity contribution in [3.63, 3.8) is 0 Å². The first-order chi connectivity index (χ1) is 25.9.